The summed E-state index contributed by atoms with van der Waals surface area (Å²) < 4.78 is 17.4. The van der Waals surface area contributed by atoms with Gasteiger partial charge in [0.2, 0.25) is 6.29 Å². The molecule has 324 valence electrons. The van der Waals surface area contributed by atoms with Crippen LogP contribution in [0, 0.1) is 50.2 Å². The number of aliphatic hydroxyl groups is 7. The maximum Gasteiger partial charge on any atom is 0.338 e. The number of hydrogen-bond acceptors (Lipinski definition) is 15. The van der Waals surface area contributed by atoms with Crippen molar-refractivity contribution in [3.05, 3.63) is 29.3 Å². The molecule has 6 aliphatic rings. The Hall–Kier alpha value is -3.02. The summed E-state index contributed by atoms with van der Waals surface area (Å²) in [6.07, 6.45) is -5.31. The van der Waals surface area contributed by atoms with Crippen molar-refractivity contribution in [1.29, 1.82) is 0 Å². The van der Waals surface area contributed by atoms with Gasteiger partial charge in [0.15, 0.2) is 17.2 Å². The standard InChI is InChI=1S/C43H62O15/c1-38(2)11-13-43(37(55)58-36-32(52)31(51)30(50)25(18-44)56-36)14-12-41(5)21(28(43)33(38)53)7-8-27-39(3)17-24(48)34(40(4,19-45)26(39)9-10-42(27,41)6)57-35(54)20-15-22(46)29(49)23(47)16-20/h7,15-16,24-28,30-34,36,44-53H,8-14,17-19H2,1-6H3/t24-,25?,26?,27?,28-,30-,31+,32?,33+,34+,36?,39+,40-,41-,42-,43+/m1/s1. The molecule has 0 aromatic heterocycles. The van der Waals surface area contributed by atoms with Crippen molar-refractivity contribution in [2.24, 2.45) is 50.2 Å². The molecule has 15 heteroatoms. The molecule has 0 bridgehead atoms. The Bertz CT molecular complexity index is 1810. The number of aliphatic hydroxyl groups excluding tert-OH is 7. The Morgan fingerprint density at radius 3 is 2.07 bits per heavy atom. The highest BCUT2D eigenvalue weighted by Gasteiger charge is 2.72. The van der Waals surface area contributed by atoms with E-state index in [0.717, 1.165) is 17.7 Å². The average Bonchev–Trinajstić information content (AvgIpc) is 3.16. The largest absolute Gasteiger partial charge is 0.504 e. The molecule has 10 N–H and O–H groups in total. The molecule has 1 heterocycles. The van der Waals surface area contributed by atoms with E-state index in [4.69, 9.17) is 14.2 Å². The third-order valence-corrected chi connectivity index (χ3v) is 16.9. The van der Waals surface area contributed by atoms with Gasteiger partial charge in [-0.3, -0.25) is 4.79 Å². The van der Waals surface area contributed by atoms with Gasteiger partial charge in [-0.15, -0.1) is 0 Å². The zero-order valence-corrected chi connectivity index (χ0v) is 34.2. The number of fused-ring (bicyclic) bond motifs is 7. The molecular formula is C43H62O15. The molecule has 0 spiro atoms. The molecule has 0 radical (unpaired) electrons. The van der Waals surface area contributed by atoms with Crippen LogP contribution >= 0.6 is 0 Å². The maximum absolute atomic E-state index is 14.6. The number of carbonyl (C=O) groups excluding carboxylic acids is 2. The van der Waals surface area contributed by atoms with Crippen molar-refractivity contribution in [1.82, 2.24) is 0 Å². The monoisotopic (exact) mass is 818 g/mol. The van der Waals surface area contributed by atoms with E-state index in [0.29, 0.717) is 44.9 Å². The van der Waals surface area contributed by atoms with Gasteiger partial charge in [0.05, 0.1) is 36.4 Å². The molecule has 16 atom stereocenters. The minimum Gasteiger partial charge on any atom is -0.504 e. The fourth-order valence-electron chi connectivity index (χ4n) is 13.2. The molecule has 7 rings (SSSR count). The molecule has 58 heavy (non-hydrogen) atoms. The number of carbonyl (C=O) groups is 2. The Morgan fingerprint density at radius 1 is 0.810 bits per heavy atom. The number of hydrogen-bond donors (Lipinski definition) is 10. The van der Waals surface area contributed by atoms with Crippen molar-refractivity contribution < 1.29 is 74.9 Å². The molecule has 5 unspecified atom stereocenters. The lowest BCUT2D eigenvalue weighted by atomic mass is 9.33. The normalized spacial score (nSPS) is 47.0. The minimum atomic E-state index is -1.77. The van der Waals surface area contributed by atoms with Gasteiger partial charge in [-0.05, 0) is 97.0 Å². The number of allylic oxidation sites excluding steroid dienone is 1. The SMILES string of the molecule is CC1(C)CC[C@]2(C(=O)OC3OC(CO)[C@@H](O)[C@H](O)C3O)CC[C@]3(C)C(=CCC4[C@@]5(C)C[C@@H](O)[C@H](OC(=O)c6cc(O)c(O)c(O)c6)[C@](C)(CO)C5CC[C@]43C)[C@@H]2[C@@H]1O. The lowest BCUT2D eigenvalue weighted by Crippen LogP contribution is -2.69. The Labute approximate surface area is 338 Å². The first-order valence-corrected chi connectivity index (χ1v) is 20.6. The van der Waals surface area contributed by atoms with Crippen molar-refractivity contribution in [2.75, 3.05) is 13.2 Å². The van der Waals surface area contributed by atoms with Crippen LogP contribution in [0.4, 0.5) is 0 Å². The fourth-order valence-corrected chi connectivity index (χ4v) is 13.2. The van der Waals surface area contributed by atoms with Crippen LogP contribution in [0.2, 0.25) is 0 Å². The highest BCUT2D eigenvalue weighted by molar-refractivity contribution is 5.91. The van der Waals surface area contributed by atoms with Crippen LogP contribution in [0.3, 0.4) is 0 Å². The summed E-state index contributed by atoms with van der Waals surface area (Å²) in [7, 11) is 0. The van der Waals surface area contributed by atoms with Gasteiger partial charge in [-0.1, -0.05) is 53.2 Å². The summed E-state index contributed by atoms with van der Waals surface area (Å²) in [6.45, 7) is 11.3. The Balaban J connectivity index is 1.22. The fraction of sp³-hybridized carbons (Fsp3) is 0.767. The van der Waals surface area contributed by atoms with Gasteiger partial charge >= 0.3 is 11.9 Å². The van der Waals surface area contributed by atoms with E-state index in [1.54, 1.807) is 0 Å². The van der Waals surface area contributed by atoms with Gasteiger partial charge in [0.25, 0.3) is 0 Å². The van der Waals surface area contributed by atoms with Crippen LogP contribution in [0.25, 0.3) is 0 Å². The second-order valence-electron chi connectivity index (χ2n) is 20.1. The molecule has 1 aliphatic heterocycles. The van der Waals surface area contributed by atoms with E-state index in [2.05, 4.69) is 26.8 Å². The smallest absolute Gasteiger partial charge is 0.338 e. The number of benzene rings is 1. The summed E-state index contributed by atoms with van der Waals surface area (Å²) in [4.78, 5) is 28.0. The first kappa shape index (κ1) is 43.1. The van der Waals surface area contributed by atoms with Crippen LogP contribution in [0.1, 0.15) is 103 Å². The minimum absolute atomic E-state index is 0.0435. The topological polar surface area (TPSA) is 264 Å². The van der Waals surface area contributed by atoms with E-state index in [-0.39, 0.29) is 23.8 Å². The number of aromatic hydroxyl groups is 3. The number of phenols is 3. The van der Waals surface area contributed by atoms with Crippen molar-refractivity contribution in [3.8, 4) is 17.2 Å². The van der Waals surface area contributed by atoms with E-state index in [1.807, 2.05) is 20.8 Å². The average molecular weight is 819 g/mol. The van der Waals surface area contributed by atoms with E-state index < -0.39 is 130 Å². The third kappa shape index (κ3) is 5.96. The molecule has 4 saturated carbocycles. The first-order chi connectivity index (χ1) is 27.0. The highest BCUT2D eigenvalue weighted by Crippen LogP contribution is 2.76. The molecule has 1 saturated heterocycles. The number of ether oxygens (including phenoxy) is 3. The summed E-state index contributed by atoms with van der Waals surface area (Å²) in [6, 6.07) is 1.92. The lowest BCUT2D eigenvalue weighted by Gasteiger charge is -2.72. The molecule has 5 aliphatic carbocycles. The molecule has 1 aromatic carbocycles. The van der Waals surface area contributed by atoms with Crippen LogP contribution in [0.5, 0.6) is 17.2 Å². The Kier molecular flexibility index (Phi) is 10.6. The highest BCUT2D eigenvalue weighted by atomic mass is 16.7. The predicted octanol–water partition coefficient (Wildman–Crippen LogP) is 2.39. The van der Waals surface area contributed by atoms with E-state index >= 15 is 0 Å². The van der Waals surface area contributed by atoms with Gasteiger partial charge in [0.1, 0.15) is 30.5 Å². The Morgan fingerprint density at radius 2 is 1.45 bits per heavy atom. The molecule has 5 fully saturated rings. The number of rotatable bonds is 6. The summed E-state index contributed by atoms with van der Waals surface area (Å²) in [5.74, 6) is -4.78. The lowest BCUT2D eigenvalue weighted by molar-refractivity contribution is -0.298. The van der Waals surface area contributed by atoms with E-state index in [9.17, 15) is 60.7 Å². The molecule has 0 amide bonds. The van der Waals surface area contributed by atoms with Gasteiger partial charge in [-0.25, -0.2) is 4.79 Å². The second-order valence-corrected chi connectivity index (χ2v) is 20.1. The zero-order chi connectivity index (χ0) is 42.7. The van der Waals surface area contributed by atoms with Crippen LogP contribution < -0.4 is 0 Å². The second kappa shape index (κ2) is 14.3. The predicted molar refractivity (Wildman–Crippen MR) is 204 cm³/mol. The summed E-state index contributed by atoms with van der Waals surface area (Å²) in [5.41, 5.74) is -3.69. The van der Waals surface area contributed by atoms with E-state index in [1.165, 1.54) is 0 Å². The van der Waals surface area contributed by atoms with Crippen LogP contribution in [0.15, 0.2) is 23.8 Å². The third-order valence-electron chi connectivity index (χ3n) is 16.9. The van der Waals surface area contributed by atoms with Crippen molar-refractivity contribution in [3.63, 3.8) is 0 Å². The maximum atomic E-state index is 14.6. The van der Waals surface area contributed by atoms with Crippen LogP contribution in [-0.2, 0) is 19.0 Å². The van der Waals surface area contributed by atoms with Crippen molar-refractivity contribution >= 4 is 11.9 Å². The number of phenolic OH excluding ortho intramolecular Hbond substituents is 3. The quantitative estimate of drug-likeness (QED) is 0.112. The summed E-state index contributed by atoms with van der Waals surface area (Å²) >= 11 is 0. The van der Waals surface area contributed by atoms with Gasteiger partial charge in [-0.2, -0.15) is 0 Å². The van der Waals surface area contributed by atoms with Gasteiger partial charge in [0, 0.05) is 11.3 Å². The summed E-state index contributed by atoms with van der Waals surface area (Å²) in [5, 5.41) is 107. The molecule has 15 nitrogen and oxygen atoms in total. The van der Waals surface area contributed by atoms with Crippen molar-refractivity contribution in [2.45, 2.75) is 142 Å². The molecular weight excluding hydrogens is 756 g/mol. The van der Waals surface area contributed by atoms with Gasteiger partial charge < -0.3 is 65.3 Å². The first-order valence-electron chi connectivity index (χ1n) is 20.6. The number of esters is 2. The van der Waals surface area contributed by atoms with Crippen LogP contribution in [-0.4, -0.2) is 125 Å². The zero-order valence-electron chi connectivity index (χ0n) is 34.2. The molecule has 1 aromatic rings.